The van der Waals surface area contributed by atoms with E-state index in [-0.39, 0.29) is 0 Å². The third-order valence-corrected chi connectivity index (χ3v) is 2.38. The molecule has 0 amide bonds. The summed E-state index contributed by atoms with van der Waals surface area (Å²) in [4.78, 5) is 0. The monoisotopic (exact) mass is 224 g/mol. The molecule has 0 bridgehead atoms. The summed E-state index contributed by atoms with van der Waals surface area (Å²) in [5.74, 6) is 0.526. The lowest BCUT2D eigenvalue weighted by Crippen LogP contribution is -1.82. The molecule has 0 aliphatic heterocycles. The zero-order valence-corrected chi connectivity index (χ0v) is 10.7. The van der Waals surface area contributed by atoms with Crippen molar-refractivity contribution < 1.29 is 0 Å². The number of hydrogen-bond acceptors (Lipinski definition) is 0. The normalized spacial score (nSPS) is 12.1. The van der Waals surface area contributed by atoms with Crippen LogP contribution < -0.4 is 0 Å². The molecule has 0 saturated heterocycles. The van der Waals surface area contributed by atoms with Crippen LogP contribution >= 0.6 is 0 Å². The Morgan fingerprint density at radius 1 is 1.12 bits per heavy atom. The molecule has 88 valence electrons. The van der Waals surface area contributed by atoms with Crippen molar-refractivity contribution in [2.45, 2.75) is 13.8 Å². The van der Waals surface area contributed by atoms with Crippen LogP contribution in [-0.2, 0) is 0 Å². The van der Waals surface area contributed by atoms with Gasteiger partial charge in [-0.15, -0.1) is 0 Å². The first-order valence-corrected chi connectivity index (χ1v) is 5.90. The summed E-state index contributed by atoms with van der Waals surface area (Å²) in [6.45, 7) is 12.2. The summed E-state index contributed by atoms with van der Waals surface area (Å²) >= 11 is 0. The third kappa shape index (κ3) is 4.69. The van der Waals surface area contributed by atoms with Crippen LogP contribution in [0.4, 0.5) is 0 Å². The molecular weight excluding hydrogens is 204 g/mol. The lowest BCUT2D eigenvalue weighted by molar-refractivity contribution is 0.828. The fraction of sp³-hybridized carbons (Fsp3) is 0.176. The van der Waals surface area contributed by atoms with Gasteiger partial charge in [0.15, 0.2) is 0 Å². The van der Waals surface area contributed by atoms with Gasteiger partial charge in [-0.2, -0.15) is 0 Å². The van der Waals surface area contributed by atoms with Gasteiger partial charge in [0.05, 0.1) is 0 Å². The van der Waals surface area contributed by atoms with Crippen molar-refractivity contribution in [1.29, 1.82) is 0 Å². The molecule has 0 spiro atoms. The van der Waals surface area contributed by atoms with E-state index in [9.17, 15) is 0 Å². The first kappa shape index (κ1) is 13.2. The van der Waals surface area contributed by atoms with Gasteiger partial charge in [-0.1, -0.05) is 81.6 Å². The number of hydrogen-bond donors (Lipinski definition) is 0. The minimum Gasteiger partial charge on any atom is -0.0985 e. The average molecular weight is 224 g/mol. The quantitative estimate of drug-likeness (QED) is 0.616. The minimum absolute atomic E-state index is 0.526. The predicted octanol–water partition coefficient (Wildman–Crippen LogP) is 5.02. The fourth-order valence-electron chi connectivity index (χ4n) is 1.52. The van der Waals surface area contributed by atoms with Gasteiger partial charge in [-0.05, 0) is 22.6 Å². The van der Waals surface area contributed by atoms with Gasteiger partial charge in [0, 0.05) is 0 Å². The lowest BCUT2D eigenvalue weighted by Gasteiger charge is -2.01. The highest BCUT2D eigenvalue weighted by Gasteiger charge is 1.94. The highest BCUT2D eigenvalue weighted by atomic mass is 14.0. The van der Waals surface area contributed by atoms with Crippen LogP contribution in [0.2, 0.25) is 0 Å². The zero-order valence-electron chi connectivity index (χ0n) is 10.7. The minimum atomic E-state index is 0.526. The van der Waals surface area contributed by atoms with Crippen LogP contribution in [0.25, 0.3) is 5.57 Å². The highest BCUT2D eigenvalue weighted by molar-refractivity contribution is 5.72. The smallest absolute Gasteiger partial charge is 0.0190 e. The van der Waals surface area contributed by atoms with E-state index in [1.807, 2.05) is 30.4 Å². The van der Waals surface area contributed by atoms with E-state index in [0.29, 0.717) is 5.92 Å². The highest BCUT2D eigenvalue weighted by Crippen LogP contribution is 2.14. The molecule has 0 heterocycles. The Bertz CT molecular complexity index is 430. The maximum absolute atomic E-state index is 4.06. The van der Waals surface area contributed by atoms with Crippen LogP contribution in [0.15, 0.2) is 73.4 Å². The Kier molecular flexibility index (Phi) is 5.22. The molecule has 1 aromatic rings. The molecule has 0 unspecified atom stereocenters. The molecule has 0 aliphatic carbocycles. The van der Waals surface area contributed by atoms with Gasteiger partial charge in [-0.25, -0.2) is 0 Å². The number of benzene rings is 1. The molecule has 1 aromatic carbocycles. The molecular formula is C17H20. The van der Waals surface area contributed by atoms with Crippen LogP contribution in [0.5, 0.6) is 0 Å². The Morgan fingerprint density at radius 3 is 2.29 bits per heavy atom. The van der Waals surface area contributed by atoms with Crippen LogP contribution in [0.3, 0.4) is 0 Å². The van der Waals surface area contributed by atoms with E-state index in [2.05, 4.69) is 51.3 Å². The van der Waals surface area contributed by atoms with Gasteiger partial charge in [0.25, 0.3) is 0 Å². The van der Waals surface area contributed by atoms with Gasteiger partial charge in [0.1, 0.15) is 0 Å². The van der Waals surface area contributed by atoms with E-state index >= 15 is 0 Å². The maximum Gasteiger partial charge on any atom is -0.0190 e. The standard InChI is InChI=1S/C17H20/c1-5-16(13-14(2)3)12-11-15(4)17-9-7-6-8-10-17/h5-14H,1,4H2,2-3H3. The molecule has 1 rings (SSSR count). The molecule has 0 heteroatoms. The number of allylic oxidation sites excluding steroid dienone is 6. The van der Waals surface area contributed by atoms with E-state index < -0.39 is 0 Å². The summed E-state index contributed by atoms with van der Waals surface area (Å²) in [6, 6.07) is 10.2. The van der Waals surface area contributed by atoms with E-state index in [1.54, 1.807) is 0 Å². The SMILES string of the molecule is C=CC(C=CC(=C)c1ccccc1)=CC(C)C. The van der Waals surface area contributed by atoms with Gasteiger partial charge < -0.3 is 0 Å². The maximum atomic E-state index is 4.06. The summed E-state index contributed by atoms with van der Waals surface area (Å²) in [7, 11) is 0. The first-order chi connectivity index (χ1) is 8.13. The lowest BCUT2D eigenvalue weighted by atomic mass is 10.0. The molecule has 0 nitrogen and oxygen atoms in total. The molecule has 0 radical (unpaired) electrons. The summed E-state index contributed by atoms with van der Waals surface area (Å²) in [5.41, 5.74) is 3.30. The van der Waals surface area contributed by atoms with Crippen LogP contribution in [0.1, 0.15) is 19.4 Å². The van der Waals surface area contributed by atoms with Crippen molar-refractivity contribution in [1.82, 2.24) is 0 Å². The topological polar surface area (TPSA) is 0 Å². The molecule has 17 heavy (non-hydrogen) atoms. The van der Waals surface area contributed by atoms with Crippen molar-refractivity contribution in [2.24, 2.45) is 5.92 Å². The third-order valence-electron chi connectivity index (χ3n) is 2.38. The van der Waals surface area contributed by atoms with E-state index in [0.717, 1.165) is 16.7 Å². The molecule has 0 aromatic heterocycles. The Balaban J connectivity index is 2.78. The fourth-order valence-corrected chi connectivity index (χ4v) is 1.52. The first-order valence-electron chi connectivity index (χ1n) is 5.90. The number of rotatable bonds is 5. The Morgan fingerprint density at radius 2 is 1.76 bits per heavy atom. The molecule has 0 atom stereocenters. The van der Waals surface area contributed by atoms with Gasteiger partial charge >= 0.3 is 0 Å². The van der Waals surface area contributed by atoms with Crippen molar-refractivity contribution in [3.8, 4) is 0 Å². The summed E-state index contributed by atoms with van der Waals surface area (Å²) in [6.07, 6.45) is 8.14. The van der Waals surface area contributed by atoms with Gasteiger partial charge in [-0.3, -0.25) is 0 Å². The summed E-state index contributed by atoms with van der Waals surface area (Å²) < 4.78 is 0. The molecule has 0 aliphatic rings. The summed E-state index contributed by atoms with van der Waals surface area (Å²) in [5, 5.41) is 0. The predicted molar refractivity (Wildman–Crippen MR) is 77.7 cm³/mol. The largest absolute Gasteiger partial charge is 0.0985 e. The second-order valence-corrected chi connectivity index (χ2v) is 4.34. The van der Waals surface area contributed by atoms with Crippen molar-refractivity contribution in [2.75, 3.05) is 0 Å². The van der Waals surface area contributed by atoms with E-state index in [4.69, 9.17) is 0 Å². The molecule has 0 fully saturated rings. The zero-order chi connectivity index (χ0) is 12.7. The second kappa shape index (κ2) is 6.70. The molecule has 0 saturated carbocycles. The van der Waals surface area contributed by atoms with Gasteiger partial charge in [0.2, 0.25) is 0 Å². The van der Waals surface area contributed by atoms with Crippen molar-refractivity contribution >= 4 is 5.57 Å². The second-order valence-electron chi connectivity index (χ2n) is 4.34. The Hall–Kier alpha value is -1.82. The van der Waals surface area contributed by atoms with E-state index in [1.165, 1.54) is 0 Å². The Labute approximate surface area is 105 Å². The van der Waals surface area contributed by atoms with Crippen LogP contribution in [-0.4, -0.2) is 0 Å². The van der Waals surface area contributed by atoms with Crippen molar-refractivity contribution in [3.63, 3.8) is 0 Å². The molecule has 0 N–H and O–H groups in total. The van der Waals surface area contributed by atoms with Crippen molar-refractivity contribution in [3.05, 3.63) is 78.9 Å². The van der Waals surface area contributed by atoms with Crippen LogP contribution in [0, 0.1) is 5.92 Å². The average Bonchev–Trinajstić information content (AvgIpc) is 2.34.